The van der Waals surface area contributed by atoms with Gasteiger partial charge in [0.25, 0.3) is 0 Å². The van der Waals surface area contributed by atoms with Gasteiger partial charge in [-0.15, -0.1) is 0 Å². The van der Waals surface area contributed by atoms with Crippen molar-refractivity contribution in [2.24, 2.45) is 0 Å². The minimum Gasteiger partial charge on any atom is -0.417 e. The minimum absolute atomic E-state index is 0.226. The molecule has 6 heteroatoms. The Hall–Kier alpha value is 1.01. The highest BCUT2D eigenvalue weighted by Gasteiger charge is 2.36. The standard InChI is InChI=1S/C12H25Cl3O2Si/c1-11(2,3)18(4,5)17-9-7-6-8-10(16)12(13,14)15/h10,16H,6-9H2,1-5H3. The van der Waals surface area contributed by atoms with Gasteiger partial charge in [0.15, 0.2) is 8.32 Å². The average Bonchev–Trinajstić information content (AvgIpc) is 2.13. The van der Waals surface area contributed by atoms with Crippen molar-refractivity contribution in [1.29, 1.82) is 0 Å². The zero-order valence-corrected chi connectivity index (χ0v) is 15.2. The SMILES string of the molecule is CC(C)(C)[Si](C)(C)OCCCCC(O)C(Cl)(Cl)Cl. The maximum Gasteiger partial charge on any atom is 0.216 e. The van der Waals surface area contributed by atoms with Crippen LogP contribution in [-0.2, 0) is 4.43 Å². The van der Waals surface area contributed by atoms with Gasteiger partial charge in [0.1, 0.15) is 6.10 Å². The van der Waals surface area contributed by atoms with Crippen molar-refractivity contribution in [1.82, 2.24) is 0 Å². The molecule has 0 aromatic rings. The third-order valence-corrected chi connectivity index (χ3v) is 8.81. The second-order valence-electron chi connectivity index (χ2n) is 6.16. The third kappa shape index (κ3) is 6.97. The Morgan fingerprint density at radius 2 is 1.61 bits per heavy atom. The lowest BCUT2D eigenvalue weighted by atomic mass is 10.2. The van der Waals surface area contributed by atoms with Crippen molar-refractivity contribution >= 4 is 43.1 Å². The van der Waals surface area contributed by atoms with Crippen LogP contribution in [0, 0.1) is 0 Å². The van der Waals surface area contributed by atoms with Gasteiger partial charge >= 0.3 is 0 Å². The first kappa shape index (κ1) is 19.0. The molecule has 0 saturated heterocycles. The molecule has 0 aromatic carbocycles. The van der Waals surface area contributed by atoms with Crippen LogP contribution in [0.1, 0.15) is 40.0 Å². The van der Waals surface area contributed by atoms with Crippen molar-refractivity contribution in [3.63, 3.8) is 0 Å². The van der Waals surface area contributed by atoms with Crippen LogP contribution in [-0.4, -0.2) is 29.9 Å². The Balaban J connectivity index is 3.83. The van der Waals surface area contributed by atoms with Crippen LogP contribution in [0.5, 0.6) is 0 Å². The monoisotopic (exact) mass is 334 g/mol. The molecule has 0 spiro atoms. The molecular formula is C12H25Cl3O2Si. The molecule has 0 aliphatic heterocycles. The fourth-order valence-corrected chi connectivity index (χ4v) is 2.56. The number of aliphatic hydroxyl groups is 1. The van der Waals surface area contributed by atoms with Crippen LogP contribution in [0.25, 0.3) is 0 Å². The first-order valence-corrected chi connectivity index (χ1v) is 10.3. The number of halogens is 3. The van der Waals surface area contributed by atoms with Crippen LogP contribution >= 0.6 is 34.8 Å². The molecule has 1 atom stereocenters. The summed E-state index contributed by atoms with van der Waals surface area (Å²) >= 11 is 16.8. The van der Waals surface area contributed by atoms with E-state index in [1.54, 1.807) is 0 Å². The van der Waals surface area contributed by atoms with E-state index in [-0.39, 0.29) is 5.04 Å². The normalized spacial score (nSPS) is 15.8. The van der Waals surface area contributed by atoms with Gasteiger partial charge in [-0.05, 0) is 37.4 Å². The summed E-state index contributed by atoms with van der Waals surface area (Å²) in [5.41, 5.74) is 0. The van der Waals surface area contributed by atoms with Crippen molar-refractivity contribution in [3.05, 3.63) is 0 Å². The van der Waals surface area contributed by atoms with Gasteiger partial charge in [-0.25, -0.2) is 0 Å². The van der Waals surface area contributed by atoms with E-state index < -0.39 is 18.2 Å². The zero-order valence-electron chi connectivity index (χ0n) is 11.9. The fraction of sp³-hybridized carbons (Fsp3) is 1.00. The molecule has 0 fully saturated rings. The molecule has 0 aliphatic carbocycles. The molecule has 0 saturated carbocycles. The van der Waals surface area contributed by atoms with Crippen molar-refractivity contribution in [3.8, 4) is 0 Å². The predicted molar refractivity (Wildman–Crippen MR) is 83.3 cm³/mol. The fourth-order valence-electron chi connectivity index (χ4n) is 1.15. The van der Waals surface area contributed by atoms with Crippen LogP contribution < -0.4 is 0 Å². The van der Waals surface area contributed by atoms with E-state index in [0.29, 0.717) is 13.0 Å². The van der Waals surface area contributed by atoms with Crippen LogP contribution in [0.2, 0.25) is 18.1 Å². The van der Waals surface area contributed by atoms with Gasteiger partial charge in [-0.2, -0.15) is 0 Å². The molecule has 0 amide bonds. The van der Waals surface area contributed by atoms with E-state index in [9.17, 15) is 5.11 Å². The molecule has 2 nitrogen and oxygen atoms in total. The largest absolute Gasteiger partial charge is 0.417 e. The zero-order chi connectivity index (χ0) is 14.6. The highest BCUT2D eigenvalue weighted by atomic mass is 35.6. The van der Waals surface area contributed by atoms with Crippen molar-refractivity contribution < 1.29 is 9.53 Å². The molecule has 0 aromatic heterocycles. The molecule has 0 heterocycles. The van der Waals surface area contributed by atoms with E-state index in [0.717, 1.165) is 12.8 Å². The number of hydrogen-bond donors (Lipinski definition) is 1. The van der Waals surface area contributed by atoms with E-state index >= 15 is 0 Å². The quantitative estimate of drug-likeness (QED) is 0.424. The van der Waals surface area contributed by atoms with Crippen LogP contribution in [0.3, 0.4) is 0 Å². The van der Waals surface area contributed by atoms with E-state index in [4.69, 9.17) is 39.2 Å². The smallest absolute Gasteiger partial charge is 0.216 e. The van der Waals surface area contributed by atoms with Gasteiger partial charge in [0.2, 0.25) is 3.79 Å². The molecule has 1 N–H and O–H groups in total. The summed E-state index contributed by atoms with van der Waals surface area (Å²) in [5.74, 6) is 0. The molecule has 0 rings (SSSR count). The Morgan fingerprint density at radius 3 is 2.00 bits per heavy atom. The summed E-state index contributed by atoms with van der Waals surface area (Å²) in [5, 5.41) is 9.77. The topological polar surface area (TPSA) is 29.5 Å². The van der Waals surface area contributed by atoms with E-state index in [2.05, 4.69) is 33.9 Å². The van der Waals surface area contributed by atoms with Gasteiger partial charge in [0.05, 0.1) is 0 Å². The maximum absolute atomic E-state index is 9.55. The molecule has 18 heavy (non-hydrogen) atoms. The van der Waals surface area contributed by atoms with Gasteiger partial charge in [-0.3, -0.25) is 0 Å². The molecule has 0 bridgehead atoms. The number of unbranched alkanes of at least 4 members (excludes halogenated alkanes) is 1. The second kappa shape index (κ2) is 7.14. The van der Waals surface area contributed by atoms with Crippen LogP contribution in [0.15, 0.2) is 0 Å². The number of rotatable bonds is 6. The lowest BCUT2D eigenvalue weighted by Crippen LogP contribution is -2.41. The Kier molecular flexibility index (Phi) is 7.54. The summed E-state index contributed by atoms with van der Waals surface area (Å²) in [7, 11) is -1.66. The average molecular weight is 336 g/mol. The molecule has 1 unspecified atom stereocenters. The summed E-state index contributed by atoms with van der Waals surface area (Å²) in [6, 6.07) is 0. The summed E-state index contributed by atoms with van der Waals surface area (Å²) in [6.07, 6.45) is 1.25. The first-order chi connectivity index (χ1) is 7.88. The van der Waals surface area contributed by atoms with E-state index in [1.165, 1.54) is 0 Å². The number of aliphatic hydroxyl groups excluding tert-OH is 1. The number of alkyl halides is 3. The highest BCUT2D eigenvalue weighted by molar-refractivity contribution is 6.74. The first-order valence-electron chi connectivity index (χ1n) is 6.26. The second-order valence-corrected chi connectivity index (χ2v) is 13.3. The third-order valence-electron chi connectivity index (χ3n) is 3.52. The van der Waals surface area contributed by atoms with Crippen LogP contribution in [0.4, 0.5) is 0 Å². The molecule has 0 radical (unpaired) electrons. The lowest BCUT2D eigenvalue weighted by Gasteiger charge is -2.36. The Morgan fingerprint density at radius 1 is 1.11 bits per heavy atom. The van der Waals surface area contributed by atoms with Crippen molar-refractivity contribution in [2.45, 2.75) is 68.1 Å². The minimum atomic E-state index is -1.66. The van der Waals surface area contributed by atoms with Gasteiger partial charge in [0, 0.05) is 6.61 Å². The molecule has 0 aliphatic rings. The summed E-state index contributed by atoms with van der Waals surface area (Å²) < 4.78 is 4.44. The molecule has 110 valence electrons. The van der Waals surface area contributed by atoms with Gasteiger partial charge in [-0.1, -0.05) is 55.6 Å². The summed E-state index contributed by atoms with van der Waals surface area (Å²) in [6.45, 7) is 11.8. The maximum atomic E-state index is 9.55. The molecular weight excluding hydrogens is 311 g/mol. The Labute approximate surface area is 127 Å². The lowest BCUT2D eigenvalue weighted by molar-refractivity contribution is 0.161. The van der Waals surface area contributed by atoms with E-state index in [1.807, 2.05) is 0 Å². The van der Waals surface area contributed by atoms with Gasteiger partial charge < -0.3 is 9.53 Å². The Bertz CT molecular complexity index is 247. The van der Waals surface area contributed by atoms with Crippen molar-refractivity contribution in [2.75, 3.05) is 6.61 Å². The predicted octanol–water partition coefficient (Wildman–Crippen LogP) is 4.91. The number of hydrogen-bond acceptors (Lipinski definition) is 2. The summed E-state index contributed by atoms with van der Waals surface area (Å²) in [4.78, 5) is 0. The highest BCUT2D eigenvalue weighted by Crippen LogP contribution is 2.36.